The lowest BCUT2D eigenvalue weighted by molar-refractivity contribution is -0.139. The van der Waals surface area contributed by atoms with E-state index >= 15 is 0 Å². The number of benzene rings is 1. The van der Waals surface area contributed by atoms with Crippen LogP contribution in [0.4, 0.5) is 16.2 Å². The SMILES string of the molecule is CCN(CC(=O)O)C1CC(NC(=O)Nc2cccc(N3CCCC3=O)c2)C1. The predicted octanol–water partition coefficient (Wildman–Crippen LogP) is 1.87. The molecule has 0 aromatic heterocycles. The summed E-state index contributed by atoms with van der Waals surface area (Å²) in [5.74, 6) is -0.721. The van der Waals surface area contributed by atoms with E-state index in [-0.39, 0.29) is 30.6 Å². The van der Waals surface area contributed by atoms with Gasteiger partial charge >= 0.3 is 12.0 Å². The summed E-state index contributed by atoms with van der Waals surface area (Å²) in [6, 6.07) is 7.23. The summed E-state index contributed by atoms with van der Waals surface area (Å²) in [6.07, 6.45) is 2.92. The zero-order chi connectivity index (χ0) is 19.4. The average molecular weight is 374 g/mol. The van der Waals surface area contributed by atoms with Crippen LogP contribution in [0, 0.1) is 0 Å². The summed E-state index contributed by atoms with van der Waals surface area (Å²) in [5.41, 5.74) is 1.44. The van der Waals surface area contributed by atoms with Crippen LogP contribution in [0.15, 0.2) is 24.3 Å². The van der Waals surface area contributed by atoms with Gasteiger partial charge in [-0.3, -0.25) is 14.5 Å². The molecule has 3 N–H and O–H groups in total. The molecule has 0 atom stereocenters. The lowest BCUT2D eigenvalue weighted by Gasteiger charge is -2.42. The van der Waals surface area contributed by atoms with Gasteiger partial charge in [-0.2, -0.15) is 0 Å². The van der Waals surface area contributed by atoms with Gasteiger partial charge in [-0.05, 0) is 44.0 Å². The molecule has 1 heterocycles. The maximum absolute atomic E-state index is 12.2. The fraction of sp³-hybridized carbons (Fsp3) is 0.526. The number of likely N-dealkylation sites (N-methyl/N-ethyl adjacent to an activating group) is 1. The van der Waals surface area contributed by atoms with Crippen LogP contribution >= 0.6 is 0 Å². The minimum atomic E-state index is -0.831. The fourth-order valence-corrected chi connectivity index (χ4v) is 3.70. The highest BCUT2D eigenvalue weighted by Crippen LogP contribution is 2.26. The number of carbonyl (C=O) groups is 3. The Balaban J connectivity index is 1.48. The molecular formula is C19H26N4O4. The number of amides is 3. The number of carbonyl (C=O) groups excluding carboxylic acids is 2. The van der Waals surface area contributed by atoms with Crippen LogP contribution in [0.25, 0.3) is 0 Å². The maximum Gasteiger partial charge on any atom is 0.319 e. The molecule has 1 saturated carbocycles. The van der Waals surface area contributed by atoms with Gasteiger partial charge in [-0.1, -0.05) is 13.0 Å². The molecule has 1 aromatic rings. The fourth-order valence-electron chi connectivity index (χ4n) is 3.70. The van der Waals surface area contributed by atoms with Crippen LogP contribution in [-0.4, -0.2) is 59.6 Å². The van der Waals surface area contributed by atoms with E-state index in [1.165, 1.54) is 0 Å². The molecule has 3 amide bonds. The summed E-state index contributed by atoms with van der Waals surface area (Å²) < 4.78 is 0. The summed E-state index contributed by atoms with van der Waals surface area (Å²) >= 11 is 0. The van der Waals surface area contributed by atoms with Crippen LogP contribution in [0.2, 0.25) is 0 Å². The average Bonchev–Trinajstić information content (AvgIpc) is 3.02. The molecule has 1 saturated heterocycles. The highest BCUT2D eigenvalue weighted by Gasteiger charge is 2.34. The van der Waals surface area contributed by atoms with E-state index in [0.717, 1.165) is 24.9 Å². The van der Waals surface area contributed by atoms with Crippen molar-refractivity contribution >= 4 is 29.3 Å². The van der Waals surface area contributed by atoms with Gasteiger partial charge in [-0.25, -0.2) is 4.79 Å². The number of hydrogen-bond acceptors (Lipinski definition) is 4. The lowest BCUT2D eigenvalue weighted by Crippen LogP contribution is -2.55. The quantitative estimate of drug-likeness (QED) is 0.676. The molecule has 1 aromatic carbocycles. The summed E-state index contributed by atoms with van der Waals surface area (Å²) in [4.78, 5) is 38.6. The molecule has 8 nitrogen and oxygen atoms in total. The van der Waals surface area contributed by atoms with Gasteiger partial charge in [0.1, 0.15) is 0 Å². The predicted molar refractivity (Wildman–Crippen MR) is 102 cm³/mol. The topological polar surface area (TPSA) is 102 Å². The van der Waals surface area contributed by atoms with Crippen molar-refractivity contribution in [2.24, 2.45) is 0 Å². The van der Waals surface area contributed by atoms with Crippen LogP contribution in [-0.2, 0) is 9.59 Å². The van der Waals surface area contributed by atoms with Gasteiger partial charge in [-0.15, -0.1) is 0 Å². The zero-order valence-corrected chi connectivity index (χ0v) is 15.5. The molecule has 27 heavy (non-hydrogen) atoms. The number of carboxylic acids is 1. The van der Waals surface area contributed by atoms with Crippen LogP contribution in [0.5, 0.6) is 0 Å². The molecule has 1 aliphatic carbocycles. The first-order valence-electron chi connectivity index (χ1n) is 9.40. The first kappa shape index (κ1) is 19.2. The second-order valence-corrected chi connectivity index (χ2v) is 7.08. The number of urea groups is 1. The molecule has 0 spiro atoms. The zero-order valence-electron chi connectivity index (χ0n) is 15.5. The van der Waals surface area contributed by atoms with Crippen molar-refractivity contribution in [3.8, 4) is 0 Å². The van der Waals surface area contributed by atoms with Gasteiger partial charge in [0.05, 0.1) is 6.54 Å². The molecule has 0 bridgehead atoms. The van der Waals surface area contributed by atoms with E-state index < -0.39 is 5.97 Å². The molecule has 8 heteroatoms. The third-order valence-electron chi connectivity index (χ3n) is 5.20. The molecule has 0 unspecified atom stereocenters. The van der Waals surface area contributed by atoms with E-state index in [2.05, 4.69) is 10.6 Å². The van der Waals surface area contributed by atoms with E-state index in [4.69, 9.17) is 5.11 Å². The first-order chi connectivity index (χ1) is 13.0. The number of rotatable bonds is 7. The van der Waals surface area contributed by atoms with Gasteiger partial charge < -0.3 is 20.6 Å². The number of hydrogen-bond donors (Lipinski definition) is 3. The normalized spacial score (nSPS) is 21.9. The molecular weight excluding hydrogens is 348 g/mol. The lowest BCUT2D eigenvalue weighted by atomic mass is 9.85. The molecule has 0 radical (unpaired) electrons. The van der Waals surface area contributed by atoms with Crippen molar-refractivity contribution in [3.05, 3.63) is 24.3 Å². The van der Waals surface area contributed by atoms with Crippen molar-refractivity contribution in [3.63, 3.8) is 0 Å². The van der Waals surface area contributed by atoms with Gasteiger partial charge in [0, 0.05) is 36.4 Å². The summed E-state index contributed by atoms with van der Waals surface area (Å²) in [6.45, 7) is 3.36. The largest absolute Gasteiger partial charge is 0.480 e. The molecule has 2 aliphatic rings. The van der Waals surface area contributed by atoms with Crippen molar-refractivity contribution in [2.45, 2.75) is 44.7 Å². The van der Waals surface area contributed by atoms with E-state index in [9.17, 15) is 14.4 Å². The number of aliphatic carboxylic acids is 1. The smallest absolute Gasteiger partial charge is 0.319 e. The minimum Gasteiger partial charge on any atom is -0.480 e. The Morgan fingerprint density at radius 1 is 1.33 bits per heavy atom. The third-order valence-corrected chi connectivity index (χ3v) is 5.20. The van der Waals surface area contributed by atoms with Crippen molar-refractivity contribution in [1.29, 1.82) is 0 Å². The molecule has 2 fully saturated rings. The highest BCUT2D eigenvalue weighted by molar-refractivity contribution is 5.96. The van der Waals surface area contributed by atoms with Crippen LogP contribution in [0.3, 0.4) is 0 Å². The number of nitrogens with zero attached hydrogens (tertiary/aromatic N) is 2. The number of nitrogens with one attached hydrogen (secondary N) is 2. The standard InChI is InChI=1S/C19H26N4O4/c1-2-22(12-18(25)26)16-10-14(11-16)21-19(27)20-13-5-3-6-15(9-13)23-8-4-7-17(23)24/h3,5-6,9,14,16H,2,4,7-8,10-12H2,1H3,(H,25,26)(H2,20,21,27). The van der Waals surface area contributed by atoms with Crippen molar-refractivity contribution < 1.29 is 19.5 Å². The van der Waals surface area contributed by atoms with Gasteiger partial charge in [0.25, 0.3) is 0 Å². The highest BCUT2D eigenvalue weighted by atomic mass is 16.4. The third kappa shape index (κ3) is 4.77. The van der Waals surface area contributed by atoms with E-state index in [1.54, 1.807) is 17.0 Å². The second kappa shape index (κ2) is 8.39. The Morgan fingerprint density at radius 3 is 2.74 bits per heavy atom. The number of anilines is 2. The Kier molecular flexibility index (Phi) is 5.95. The van der Waals surface area contributed by atoms with Crippen molar-refractivity contribution in [2.75, 3.05) is 29.9 Å². The van der Waals surface area contributed by atoms with E-state index in [1.807, 2.05) is 24.0 Å². The molecule has 1 aliphatic heterocycles. The summed E-state index contributed by atoms with van der Waals surface area (Å²) in [7, 11) is 0. The Hall–Kier alpha value is -2.61. The Labute approximate surface area is 158 Å². The van der Waals surface area contributed by atoms with Crippen LogP contribution in [0.1, 0.15) is 32.6 Å². The Morgan fingerprint density at radius 2 is 2.11 bits per heavy atom. The van der Waals surface area contributed by atoms with Gasteiger partial charge in [0.2, 0.25) is 5.91 Å². The molecule has 146 valence electrons. The second-order valence-electron chi connectivity index (χ2n) is 7.08. The monoisotopic (exact) mass is 374 g/mol. The van der Waals surface area contributed by atoms with Crippen LogP contribution < -0.4 is 15.5 Å². The van der Waals surface area contributed by atoms with E-state index in [0.29, 0.717) is 25.2 Å². The van der Waals surface area contributed by atoms with Crippen molar-refractivity contribution in [1.82, 2.24) is 10.2 Å². The number of carboxylic acid groups (broad SMARTS) is 1. The first-order valence-corrected chi connectivity index (χ1v) is 9.40. The molecule has 3 rings (SSSR count). The Bertz CT molecular complexity index is 717. The van der Waals surface area contributed by atoms with Gasteiger partial charge in [0.15, 0.2) is 0 Å². The minimum absolute atomic E-state index is 0.0299. The summed E-state index contributed by atoms with van der Waals surface area (Å²) in [5, 5.41) is 14.7. The maximum atomic E-state index is 12.2.